The molecule has 2 saturated heterocycles. The SMILES string of the molecule is CC1=NC2C(O1)OC(CO)[C@H](O[C@@H]1OC(CO)[C@H](O)[C@H](O)C1O)C2O. The number of aliphatic imine (C=N–C) groups is 1. The number of ether oxygens (including phenoxy) is 4. The van der Waals surface area contributed by atoms with Gasteiger partial charge in [-0.05, 0) is 0 Å². The Balaban J connectivity index is 1.75. The Hall–Kier alpha value is -0.890. The zero-order valence-electron chi connectivity index (χ0n) is 13.5. The van der Waals surface area contributed by atoms with Crippen molar-refractivity contribution < 1.29 is 49.6 Å². The molecule has 0 amide bonds. The molecule has 2 fully saturated rings. The van der Waals surface area contributed by atoms with Crippen molar-refractivity contribution in [1.82, 2.24) is 0 Å². The summed E-state index contributed by atoms with van der Waals surface area (Å²) in [5.74, 6) is 0.319. The van der Waals surface area contributed by atoms with E-state index in [-0.39, 0.29) is 0 Å². The van der Waals surface area contributed by atoms with Crippen LogP contribution in [-0.4, -0.2) is 111 Å². The molecule has 0 aromatic heterocycles. The van der Waals surface area contributed by atoms with Gasteiger partial charge in [0.1, 0.15) is 48.8 Å². The largest absolute Gasteiger partial charge is 0.450 e. The van der Waals surface area contributed by atoms with Crippen molar-refractivity contribution in [1.29, 1.82) is 0 Å². The van der Waals surface area contributed by atoms with Gasteiger partial charge in [-0.25, -0.2) is 4.99 Å². The van der Waals surface area contributed by atoms with E-state index in [2.05, 4.69) is 4.99 Å². The van der Waals surface area contributed by atoms with Gasteiger partial charge < -0.3 is 49.6 Å². The van der Waals surface area contributed by atoms with Crippen LogP contribution in [0, 0.1) is 0 Å². The smallest absolute Gasteiger partial charge is 0.227 e. The van der Waals surface area contributed by atoms with Gasteiger partial charge in [0, 0.05) is 6.92 Å². The summed E-state index contributed by atoms with van der Waals surface area (Å²) in [6.07, 6.45) is -11.6. The predicted octanol–water partition coefficient (Wildman–Crippen LogP) is -3.93. The van der Waals surface area contributed by atoms with E-state index in [0.717, 1.165) is 0 Å². The maximum atomic E-state index is 10.5. The van der Waals surface area contributed by atoms with E-state index in [1.54, 1.807) is 6.92 Å². The molecule has 0 saturated carbocycles. The second-order valence-corrected chi connectivity index (χ2v) is 6.27. The van der Waals surface area contributed by atoms with Crippen molar-refractivity contribution in [2.45, 2.75) is 68.3 Å². The van der Waals surface area contributed by atoms with Crippen molar-refractivity contribution in [2.24, 2.45) is 4.99 Å². The lowest BCUT2D eigenvalue weighted by Gasteiger charge is -2.44. The van der Waals surface area contributed by atoms with Crippen molar-refractivity contribution in [3.8, 4) is 0 Å². The van der Waals surface area contributed by atoms with Gasteiger partial charge in [-0.2, -0.15) is 0 Å². The maximum Gasteiger partial charge on any atom is 0.227 e. The van der Waals surface area contributed by atoms with Crippen molar-refractivity contribution in [3.63, 3.8) is 0 Å². The van der Waals surface area contributed by atoms with Gasteiger partial charge in [-0.1, -0.05) is 0 Å². The molecule has 0 aromatic rings. The molecule has 0 bridgehead atoms. The fourth-order valence-corrected chi connectivity index (χ4v) is 3.20. The minimum absolute atomic E-state index is 0.319. The third-order valence-corrected chi connectivity index (χ3v) is 4.58. The van der Waals surface area contributed by atoms with E-state index >= 15 is 0 Å². The Kier molecular flexibility index (Phi) is 5.58. The Morgan fingerprint density at radius 1 is 0.920 bits per heavy atom. The Bertz CT molecular complexity index is 502. The van der Waals surface area contributed by atoms with E-state index in [4.69, 9.17) is 18.9 Å². The molecule has 0 aromatic carbocycles. The molecule has 0 aliphatic carbocycles. The Morgan fingerprint density at radius 3 is 2.24 bits per heavy atom. The highest BCUT2D eigenvalue weighted by atomic mass is 16.7. The molecule has 3 aliphatic rings. The van der Waals surface area contributed by atoms with Crippen LogP contribution in [0.4, 0.5) is 0 Å². The monoisotopic (exact) mass is 365 g/mol. The Labute approximate surface area is 143 Å². The van der Waals surface area contributed by atoms with E-state index in [9.17, 15) is 30.6 Å². The third-order valence-electron chi connectivity index (χ3n) is 4.58. The number of aliphatic hydroxyl groups is 6. The van der Waals surface area contributed by atoms with Gasteiger partial charge in [-0.15, -0.1) is 0 Å². The summed E-state index contributed by atoms with van der Waals surface area (Å²) in [7, 11) is 0. The van der Waals surface area contributed by atoms with Crippen molar-refractivity contribution in [2.75, 3.05) is 13.2 Å². The van der Waals surface area contributed by atoms with Crippen LogP contribution in [0.3, 0.4) is 0 Å². The van der Waals surface area contributed by atoms with E-state index in [1.165, 1.54) is 0 Å². The van der Waals surface area contributed by atoms with Crippen LogP contribution in [0.25, 0.3) is 0 Å². The van der Waals surface area contributed by atoms with Gasteiger partial charge in [0.15, 0.2) is 12.2 Å². The first-order chi connectivity index (χ1) is 11.9. The zero-order valence-corrected chi connectivity index (χ0v) is 13.5. The molecule has 6 N–H and O–H groups in total. The highest BCUT2D eigenvalue weighted by Gasteiger charge is 2.52. The predicted molar refractivity (Wildman–Crippen MR) is 78.4 cm³/mol. The van der Waals surface area contributed by atoms with Gasteiger partial charge in [0.05, 0.1) is 13.2 Å². The minimum Gasteiger partial charge on any atom is -0.450 e. The summed E-state index contributed by atoms with van der Waals surface area (Å²) >= 11 is 0. The Morgan fingerprint density at radius 2 is 1.60 bits per heavy atom. The molecular weight excluding hydrogens is 342 g/mol. The number of aliphatic hydroxyl groups excluding tert-OH is 6. The highest BCUT2D eigenvalue weighted by Crippen LogP contribution is 2.32. The van der Waals surface area contributed by atoms with Crippen molar-refractivity contribution in [3.05, 3.63) is 0 Å². The van der Waals surface area contributed by atoms with Crippen LogP contribution >= 0.6 is 0 Å². The summed E-state index contributed by atoms with van der Waals surface area (Å²) in [5, 5.41) is 58.9. The highest BCUT2D eigenvalue weighted by molar-refractivity contribution is 5.75. The molecular formula is C14H23NO10. The van der Waals surface area contributed by atoms with E-state index < -0.39 is 74.6 Å². The van der Waals surface area contributed by atoms with Crippen LogP contribution < -0.4 is 0 Å². The topological polar surface area (TPSA) is 171 Å². The van der Waals surface area contributed by atoms with Gasteiger partial charge in [-0.3, -0.25) is 0 Å². The number of hydrogen-bond donors (Lipinski definition) is 6. The van der Waals surface area contributed by atoms with Gasteiger partial charge in [0.25, 0.3) is 0 Å². The molecule has 0 radical (unpaired) electrons. The lowest BCUT2D eigenvalue weighted by atomic mass is 9.96. The molecule has 3 aliphatic heterocycles. The normalized spacial score (nSPS) is 50.1. The molecule has 11 heteroatoms. The number of rotatable bonds is 4. The van der Waals surface area contributed by atoms with Crippen LogP contribution in [0.5, 0.6) is 0 Å². The lowest BCUT2D eigenvalue weighted by molar-refractivity contribution is -0.341. The number of hydrogen-bond acceptors (Lipinski definition) is 11. The fraction of sp³-hybridized carbons (Fsp3) is 0.929. The fourth-order valence-electron chi connectivity index (χ4n) is 3.20. The first kappa shape index (κ1) is 18.9. The second-order valence-electron chi connectivity index (χ2n) is 6.27. The van der Waals surface area contributed by atoms with E-state index in [0.29, 0.717) is 5.90 Å². The molecule has 0 spiro atoms. The summed E-state index contributed by atoms with van der Waals surface area (Å²) in [6.45, 7) is 0.473. The second kappa shape index (κ2) is 7.39. The first-order valence-electron chi connectivity index (χ1n) is 7.98. The van der Waals surface area contributed by atoms with Gasteiger partial charge in [0.2, 0.25) is 6.29 Å². The summed E-state index contributed by atoms with van der Waals surface area (Å²) in [4.78, 5) is 4.11. The van der Waals surface area contributed by atoms with Crippen LogP contribution in [0.1, 0.15) is 6.92 Å². The molecule has 6 unspecified atom stereocenters. The van der Waals surface area contributed by atoms with Crippen LogP contribution in [-0.2, 0) is 18.9 Å². The first-order valence-corrected chi connectivity index (χ1v) is 7.98. The lowest BCUT2D eigenvalue weighted by Crippen LogP contribution is -2.63. The summed E-state index contributed by atoms with van der Waals surface area (Å²) in [6, 6.07) is -0.780. The molecule has 144 valence electrons. The number of fused-ring (bicyclic) bond motifs is 1. The molecule has 10 atom stereocenters. The summed E-state index contributed by atoms with van der Waals surface area (Å²) in [5.41, 5.74) is 0. The summed E-state index contributed by atoms with van der Waals surface area (Å²) < 4.78 is 21.6. The van der Waals surface area contributed by atoms with Gasteiger partial charge >= 0.3 is 0 Å². The van der Waals surface area contributed by atoms with Crippen LogP contribution in [0.15, 0.2) is 4.99 Å². The minimum atomic E-state index is -1.63. The standard InChI is InChI=1S/C14H23NO10/c1-4-15-7-9(19)12(6(3-17)24-13(7)22-4)25-14-11(21)10(20)8(18)5(2-16)23-14/h5-14,16-21H,2-3H2,1H3/t5?,6?,7?,8-,9?,10-,11?,12-,13?,14-/m0/s1. The van der Waals surface area contributed by atoms with Crippen molar-refractivity contribution >= 4 is 5.90 Å². The average Bonchev–Trinajstić information content (AvgIpc) is 2.97. The molecule has 3 heterocycles. The number of nitrogens with zero attached hydrogens (tertiary/aromatic N) is 1. The average molecular weight is 365 g/mol. The maximum absolute atomic E-state index is 10.5. The van der Waals surface area contributed by atoms with E-state index in [1.807, 2.05) is 0 Å². The quantitative estimate of drug-likeness (QED) is 0.289. The van der Waals surface area contributed by atoms with Crippen LogP contribution in [0.2, 0.25) is 0 Å². The molecule has 25 heavy (non-hydrogen) atoms. The zero-order chi connectivity index (χ0) is 18.3. The third kappa shape index (κ3) is 3.39. The molecule has 11 nitrogen and oxygen atoms in total. The molecule has 3 rings (SSSR count).